The van der Waals surface area contributed by atoms with Crippen molar-refractivity contribution in [3.63, 3.8) is 0 Å². The SMILES string of the molecule is CCN1C[C@@H](CN(C)Cc2cc(=O)n3ccsc3n2)Oc2ccccc21. The molecule has 4 rings (SSSR count). The number of para-hydroxylation sites is 2. The molecular formula is C19H22N4O2S. The molecule has 1 aromatic carbocycles. The molecule has 0 spiro atoms. The highest BCUT2D eigenvalue weighted by atomic mass is 32.1. The van der Waals surface area contributed by atoms with Crippen LogP contribution >= 0.6 is 11.3 Å². The summed E-state index contributed by atoms with van der Waals surface area (Å²) in [4.78, 5) is 22.0. The summed E-state index contributed by atoms with van der Waals surface area (Å²) in [5, 5.41) is 1.88. The number of nitrogens with zero attached hydrogens (tertiary/aromatic N) is 4. The second-order valence-corrected chi connectivity index (χ2v) is 7.46. The van der Waals surface area contributed by atoms with Crippen LogP contribution in [0.5, 0.6) is 5.75 Å². The van der Waals surface area contributed by atoms with E-state index in [2.05, 4.69) is 27.8 Å². The topological polar surface area (TPSA) is 50.1 Å². The largest absolute Gasteiger partial charge is 0.485 e. The number of ether oxygens (including phenoxy) is 1. The Labute approximate surface area is 156 Å². The highest BCUT2D eigenvalue weighted by molar-refractivity contribution is 7.15. The second kappa shape index (κ2) is 7.09. The normalized spacial score (nSPS) is 16.7. The van der Waals surface area contributed by atoms with Crippen LogP contribution in [-0.4, -0.2) is 47.1 Å². The Morgan fingerprint density at radius 1 is 1.38 bits per heavy atom. The summed E-state index contributed by atoms with van der Waals surface area (Å²) in [6.45, 7) is 5.37. The first-order valence-electron chi connectivity index (χ1n) is 8.79. The number of anilines is 1. The Kier molecular flexibility index (Phi) is 4.65. The molecule has 0 bridgehead atoms. The summed E-state index contributed by atoms with van der Waals surface area (Å²) in [7, 11) is 2.04. The summed E-state index contributed by atoms with van der Waals surface area (Å²) in [6, 6.07) is 9.80. The second-order valence-electron chi connectivity index (χ2n) is 6.58. The predicted octanol–water partition coefficient (Wildman–Crippen LogP) is 2.48. The highest BCUT2D eigenvalue weighted by Crippen LogP contribution is 2.32. The van der Waals surface area contributed by atoms with E-state index in [-0.39, 0.29) is 11.7 Å². The molecule has 3 aromatic rings. The molecule has 7 heteroatoms. The molecule has 0 saturated carbocycles. The van der Waals surface area contributed by atoms with Crippen LogP contribution in [0.15, 0.2) is 46.7 Å². The Bertz CT molecular complexity index is 967. The van der Waals surface area contributed by atoms with Gasteiger partial charge in [-0.25, -0.2) is 4.98 Å². The molecule has 26 heavy (non-hydrogen) atoms. The van der Waals surface area contributed by atoms with Crippen molar-refractivity contribution in [2.45, 2.75) is 19.6 Å². The number of hydrogen-bond acceptors (Lipinski definition) is 6. The third-order valence-electron chi connectivity index (χ3n) is 4.61. The minimum absolute atomic E-state index is 0.0281. The summed E-state index contributed by atoms with van der Waals surface area (Å²) in [5.41, 5.74) is 1.93. The minimum Gasteiger partial charge on any atom is -0.485 e. The summed E-state index contributed by atoms with van der Waals surface area (Å²) >= 11 is 1.48. The number of fused-ring (bicyclic) bond motifs is 2. The average Bonchev–Trinajstić information content (AvgIpc) is 3.10. The van der Waals surface area contributed by atoms with Crippen molar-refractivity contribution in [2.75, 3.05) is 31.6 Å². The van der Waals surface area contributed by atoms with Gasteiger partial charge in [-0.3, -0.25) is 14.1 Å². The molecule has 6 nitrogen and oxygen atoms in total. The van der Waals surface area contributed by atoms with Crippen molar-refractivity contribution >= 4 is 22.0 Å². The quantitative estimate of drug-likeness (QED) is 0.691. The van der Waals surface area contributed by atoms with Crippen molar-refractivity contribution in [3.8, 4) is 5.75 Å². The van der Waals surface area contributed by atoms with Crippen molar-refractivity contribution in [1.82, 2.24) is 14.3 Å². The van der Waals surface area contributed by atoms with Gasteiger partial charge < -0.3 is 9.64 Å². The van der Waals surface area contributed by atoms with Gasteiger partial charge in [0.25, 0.3) is 5.56 Å². The molecule has 136 valence electrons. The number of hydrogen-bond donors (Lipinski definition) is 0. The molecule has 0 N–H and O–H groups in total. The van der Waals surface area contributed by atoms with Crippen LogP contribution in [0.25, 0.3) is 4.96 Å². The fourth-order valence-corrected chi connectivity index (χ4v) is 4.17. The molecule has 1 atom stereocenters. The number of likely N-dealkylation sites (N-methyl/N-ethyl adjacent to an activating group) is 2. The number of thiazole rings is 1. The molecular weight excluding hydrogens is 348 g/mol. The summed E-state index contributed by atoms with van der Waals surface area (Å²) in [6.07, 6.45) is 1.84. The third-order valence-corrected chi connectivity index (χ3v) is 5.37. The monoisotopic (exact) mass is 370 g/mol. The zero-order valence-electron chi connectivity index (χ0n) is 15.0. The van der Waals surface area contributed by atoms with Crippen LogP contribution in [0.3, 0.4) is 0 Å². The maximum atomic E-state index is 12.1. The van der Waals surface area contributed by atoms with Gasteiger partial charge in [-0.05, 0) is 26.1 Å². The van der Waals surface area contributed by atoms with E-state index in [1.54, 1.807) is 16.7 Å². The van der Waals surface area contributed by atoms with Gasteiger partial charge in [0.15, 0.2) is 4.96 Å². The first-order valence-corrected chi connectivity index (χ1v) is 9.67. The van der Waals surface area contributed by atoms with Gasteiger partial charge in [-0.2, -0.15) is 0 Å². The molecule has 0 amide bonds. The Balaban J connectivity index is 1.46. The van der Waals surface area contributed by atoms with Crippen molar-refractivity contribution < 1.29 is 4.74 Å². The van der Waals surface area contributed by atoms with Crippen LogP contribution < -0.4 is 15.2 Å². The summed E-state index contributed by atoms with van der Waals surface area (Å²) < 4.78 is 7.76. The smallest absolute Gasteiger partial charge is 0.258 e. The zero-order chi connectivity index (χ0) is 18.1. The van der Waals surface area contributed by atoms with Crippen LogP contribution in [0.1, 0.15) is 12.6 Å². The van der Waals surface area contributed by atoms with E-state index in [4.69, 9.17) is 4.74 Å². The van der Waals surface area contributed by atoms with Crippen molar-refractivity contribution in [2.24, 2.45) is 0 Å². The van der Waals surface area contributed by atoms with E-state index < -0.39 is 0 Å². The standard InChI is InChI=1S/C19H22N4O2S/c1-3-22-13-15(25-17-7-5-4-6-16(17)22)12-21(2)11-14-10-18(24)23-8-9-26-19(23)20-14/h4-10,15H,3,11-13H2,1-2H3/t15-/m1/s1. The molecule has 0 unspecified atom stereocenters. The van der Waals surface area contributed by atoms with Crippen molar-refractivity contribution in [3.05, 3.63) is 58.0 Å². The fraction of sp³-hybridized carbons (Fsp3) is 0.368. The maximum absolute atomic E-state index is 12.1. The van der Waals surface area contributed by atoms with Crippen LogP contribution in [-0.2, 0) is 6.54 Å². The molecule has 0 fully saturated rings. The predicted molar refractivity (Wildman–Crippen MR) is 104 cm³/mol. The Morgan fingerprint density at radius 3 is 3.08 bits per heavy atom. The molecule has 0 radical (unpaired) electrons. The fourth-order valence-electron chi connectivity index (χ4n) is 3.43. The molecule has 2 aromatic heterocycles. The minimum atomic E-state index is -0.0281. The third kappa shape index (κ3) is 3.32. The van der Waals surface area contributed by atoms with E-state index in [1.165, 1.54) is 11.3 Å². The lowest BCUT2D eigenvalue weighted by molar-refractivity contribution is 0.139. The summed E-state index contributed by atoms with van der Waals surface area (Å²) in [5.74, 6) is 0.940. The zero-order valence-corrected chi connectivity index (χ0v) is 15.8. The van der Waals surface area contributed by atoms with Crippen LogP contribution in [0.4, 0.5) is 5.69 Å². The molecule has 1 aliphatic rings. The van der Waals surface area contributed by atoms with Gasteiger partial charge in [0.1, 0.15) is 11.9 Å². The van der Waals surface area contributed by atoms with Gasteiger partial charge >= 0.3 is 0 Å². The van der Waals surface area contributed by atoms with E-state index in [9.17, 15) is 4.79 Å². The number of rotatable bonds is 5. The molecule has 1 aliphatic heterocycles. The molecule has 0 aliphatic carbocycles. The lowest BCUT2D eigenvalue weighted by Crippen LogP contribution is -2.45. The maximum Gasteiger partial charge on any atom is 0.258 e. The average molecular weight is 370 g/mol. The van der Waals surface area contributed by atoms with Gasteiger partial charge in [0.05, 0.1) is 17.9 Å². The Hall–Kier alpha value is -2.38. The highest BCUT2D eigenvalue weighted by Gasteiger charge is 2.25. The van der Waals surface area contributed by atoms with Crippen LogP contribution in [0, 0.1) is 0 Å². The lowest BCUT2D eigenvalue weighted by atomic mass is 10.2. The number of benzene rings is 1. The van der Waals surface area contributed by atoms with Gasteiger partial charge in [0.2, 0.25) is 0 Å². The van der Waals surface area contributed by atoms with E-state index in [0.717, 1.165) is 41.7 Å². The van der Waals surface area contributed by atoms with E-state index in [0.29, 0.717) is 6.54 Å². The van der Waals surface area contributed by atoms with Crippen molar-refractivity contribution in [1.29, 1.82) is 0 Å². The first-order chi connectivity index (χ1) is 12.6. The number of aromatic nitrogens is 2. The van der Waals surface area contributed by atoms with E-state index in [1.807, 2.05) is 30.6 Å². The lowest BCUT2D eigenvalue weighted by Gasteiger charge is -2.37. The Morgan fingerprint density at radius 2 is 2.23 bits per heavy atom. The van der Waals surface area contributed by atoms with E-state index >= 15 is 0 Å². The molecule has 3 heterocycles. The van der Waals surface area contributed by atoms with Crippen LogP contribution in [0.2, 0.25) is 0 Å². The molecule has 0 saturated heterocycles. The first kappa shape index (κ1) is 17.1. The van der Waals surface area contributed by atoms with Gasteiger partial charge in [-0.1, -0.05) is 12.1 Å². The van der Waals surface area contributed by atoms with Gasteiger partial charge in [0, 0.05) is 37.3 Å². The van der Waals surface area contributed by atoms with Gasteiger partial charge in [-0.15, -0.1) is 11.3 Å².